The van der Waals surface area contributed by atoms with Crippen LogP contribution in [0.15, 0.2) is 55.5 Å². The lowest BCUT2D eigenvalue weighted by Gasteiger charge is -2.17. The van der Waals surface area contributed by atoms with E-state index in [2.05, 4.69) is 6.58 Å². The number of Topliss-reactive ketones (excluding diaryl/α,β-unsaturated/α-hetero) is 1. The van der Waals surface area contributed by atoms with E-state index in [-0.39, 0.29) is 18.2 Å². The molecule has 0 N–H and O–H groups in total. The van der Waals surface area contributed by atoms with Gasteiger partial charge in [0.25, 0.3) is 0 Å². The van der Waals surface area contributed by atoms with Gasteiger partial charge in [-0.3, -0.25) is 4.79 Å². The van der Waals surface area contributed by atoms with Crippen molar-refractivity contribution in [1.82, 2.24) is 9.80 Å². The molecule has 0 saturated carbocycles. The van der Waals surface area contributed by atoms with Gasteiger partial charge in [-0.05, 0) is 6.20 Å². The highest BCUT2D eigenvalue weighted by molar-refractivity contribution is 5.97. The maximum atomic E-state index is 11.9. The van der Waals surface area contributed by atoms with Crippen molar-refractivity contribution in [1.29, 1.82) is 0 Å². The largest absolute Gasteiger partial charge is 0.351 e. The van der Waals surface area contributed by atoms with E-state index in [1.807, 2.05) is 52.5 Å². The molecule has 1 heterocycles. The maximum absolute atomic E-state index is 11.9. The fourth-order valence-electron chi connectivity index (χ4n) is 1.61. The Morgan fingerprint density at radius 2 is 2.00 bits per heavy atom. The first kappa shape index (κ1) is 13.3. The second-order valence-electron chi connectivity index (χ2n) is 3.67. The fraction of sp³-hybridized carbons (Fsp3) is 0.154. The highest BCUT2D eigenvalue weighted by atomic mass is 35.5. The summed E-state index contributed by atoms with van der Waals surface area (Å²) in [6.45, 7) is 4.78. The molecule has 2 rings (SSSR count). The van der Waals surface area contributed by atoms with Gasteiger partial charge in [0.2, 0.25) is 0 Å². The number of carbonyl (C=O) groups is 1. The van der Waals surface area contributed by atoms with Crippen LogP contribution in [0.2, 0.25) is 0 Å². The molecule has 1 aromatic carbocycles. The third-order valence-corrected chi connectivity index (χ3v) is 2.49. The van der Waals surface area contributed by atoms with Crippen molar-refractivity contribution in [3.63, 3.8) is 0 Å². The highest BCUT2D eigenvalue weighted by Gasteiger charge is 2.14. The summed E-state index contributed by atoms with van der Waals surface area (Å²) in [7, 11) is 0. The molecule has 0 aromatic heterocycles. The molecular weight excluding hydrogens is 236 g/mol. The van der Waals surface area contributed by atoms with E-state index in [0.29, 0.717) is 13.2 Å². The van der Waals surface area contributed by atoms with Gasteiger partial charge in [-0.1, -0.05) is 36.9 Å². The van der Waals surface area contributed by atoms with Crippen LogP contribution in [0.4, 0.5) is 0 Å². The van der Waals surface area contributed by atoms with Crippen molar-refractivity contribution >= 4 is 18.2 Å². The Kier molecular flexibility index (Phi) is 4.79. The summed E-state index contributed by atoms with van der Waals surface area (Å²) in [6, 6.07) is 9.35. The quantitative estimate of drug-likeness (QED) is 0.767. The first-order valence-electron chi connectivity index (χ1n) is 5.18. The van der Waals surface area contributed by atoms with E-state index in [4.69, 9.17) is 0 Å². The summed E-state index contributed by atoms with van der Waals surface area (Å²) >= 11 is 0. The van der Waals surface area contributed by atoms with Gasteiger partial charge in [0.15, 0.2) is 5.78 Å². The van der Waals surface area contributed by atoms with Crippen LogP contribution in [0.25, 0.3) is 0 Å². The molecule has 0 amide bonds. The molecule has 3 nitrogen and oxygen atoms in total. The fourth-order valence-corrected chi connectivity index (χ4v) is 1.61. The monoisotopic (exact) mass is 250 g/mol. The molecule has 0 unspecified atom stereocenters. The van der Waals surface area contributed by atoms with E-state index < -0.39 is 0 Å². The zero-order chi connectivity index (χ0) is 11.4. The Bertz CT molecular complexity index is 417. The molecule has 0 atom stereocenters. The van der Waals surface area contributed by atoms with Crippen LogP contribution in [0.1, 0.15) is 10.4 Å². The van der Waals surface area contributed by atoms with Crippen LogP contribution in [0, 0.1) is 0 Å². The third kappa shape index (κ3) is 3.36. The number of hydrogen-bond donors (Lipinski definition) is 0. The molecule has 1 aliphatic heterocycles. The molecule has 0 bridgehead atoms. The molecule has 90 valence electrons. The van der Waals surface area contributed by atoms with Crippen LogP contribution >= 0.6 is 12.4 Å². The van der Waals surface area contributed by atoms with E-state index in [1.165, 1.54) is 0 Å². The summed E-state index contributed by atoms with van der Waals surface area (Å²) in [5.74, 6) is 0.135. The highest BCUT2D eigenvalue weighted by Crippen LogP contribution is 2.08. The van der Waals surface area contributed by atoms with Crippen molar-refractivity contribution < 1.29 is 4.79 Å². The van der Waals surface area contributed by atoms with E-state index in [0.717, 1.165) is 5.56 Å². The van der Waals surface area contributed by atoms with Crippen molar-refractivity contribution in [2.24, 2.45) is 0 Å². The summed E-state index contributed by atoms with van der Waals surface area (Å²) in [5.41, 5.74) is 0.757. The Morgan fingerprint density at radius 3 is 2.59 bits per heavy atom. The smallest absolute Gasteiger partial charge is 0.182 e. The maximum Gasteiger partial charge on any atom is 0.182 e. The molecule has 17 heavy (non-hydrogen) atoms. The van der Waals surface area contributed by atoms with E-state index in [1.54, 1.807) is 6.20 Å². The number of rotatable bonds is 4. The lowest BCUT2D eigenvalue weighted by Crippen LogP contribution is -2.27. The second kappa shape index (κ2) is 6.11. The molecule has 1 aliphatic rings. The average molecular weight is 251 g/mol. The van der Waals surface area contributed by atoms with Gasteiger partial charge >= 0.3 is 0 Å². The zero-order valence-electron chi connectivity index (χ0n) is 9.45. The van der Waals surface area contributed by atoms with E-state index in [9.17, 15) is 4.79 Å². The van der Waals surface area contributed by atoms with Gasteiger partial charge in [0.05, 0.1) is 13.2 Å². The van der Waals surface area contributed by atoms with Gasteiger partial charge in [-0.25, -0.2) is 0 Å². The second-order valence-corrected chi connectivity index (χ2v) is 3.67. The van der Waals surface area contributed by atoms with Crippen molar-refractivity contribution in [2.45, 2.75) is 0 Å². The predicted molar refractivity (Wildman–Crippen MR) is 70.8 cm³/mol. The number of ketones is 1. The molecular formula is C13H15ClN2O. The van der Waals surface area contributed by atoms with Crippen LogP contribution < -0.4 is 0 Å². The Labute approximate surface area is 107 Å². The third-order valence-electron chi connectivity index (χ3n) is 2.49. The molecule has 4 heteroatoms. The number of nitrogens with zero attached hydrogens (tertiary/aromatic N) is 2. The van der Waals surface area contributed by atoms with Crippen molar-refractivity contribution in [3.05, 3.63) is 61.1 Å². The van der Waals surface area contributed by atoms with Gasteiger partial charge in [-0.15, -0.1) is 12.4 Å². The van der Waals surface area contributed by atoms with Crippen LogP contribution in [-0.2, 0) is 0 Å². The van der Waals surface area contributed by atoms with Gasteiger partial charge in [-0.2, -0.15) is 0 Å². The predicted octanol–water partition coefficient (Wildman–Crippen LogP) is 2.48. The first-order valence-corrected chi connectivity index (χ1v) is 5.18. The van der Waals surface area contributed by atoms with Crippen LogP contribution in [0.3, 0.4) is 0 Å². The van der Waals surface area contributed by atoms with Crippen LogP contribution in [0.5, 0.6) is 0 Å². The zero-order valence-corrected chi connectivity index (χ0v) is 10.3. The summed E-state index contributed by atoms with van der Waals surface area (Å²) in [6.07, 6.45) is 5.55. The normalized spacial score (nSPS) is 13.4. The number of hydrogen-bond acceptors (Lipinski definition) is 3. The van der Waals surface area contributed by atoms with Gasteiger partial charge in [0, 0.05) is 18.0 Å². The molecule has 0 fully saturated rings. The summed E-state index contributed by atoms with van der Waals surface area (Å²) in [4.78, 5) is 15.8. The molecule has 1 aromatic rings. The van der Waals surface area contributed by atoms with Gasteiger partial charge in [0.1, 0.15) is 0 Å². The minimum absolute atomic E-state index is 0. The molecule has 0 radical (unpaired) electrons. The Balaban J connectivity index is 0.00000144. The molecule has 0 aliphatic carbocycles. The topological polar surface area (TPSA) is 23.6 Å². The van der Waals surface area contributed by atoms with E-state index >= 15 is 0 Å². The first-order chi connectivity index (χ1) is 7.79. The van der Waals surface area contributed by atoms with Gasteiger partial charge < -0.3 is 9.80 Å². The lowest BCUT2D eigenvalue weighted by atomic mass is 10.1. The minimum Gasteiger partial charge on any atom is -0.351 e. The minimum atomic E-state index is 0. The standard InChI is InChI=1S/C13H14N2O.ClH/c1-2-14-8-9-15(11-14)10-13(16)12-6-4-3-5-7-12;/h2-9H,1,10-11H2;1H. The Morgan fingerprint density at radius 1 is 1.29 bits per heavy atom. The molecule has 0 saturated heterocycles. The lowest BCUT2D eigenvalue weighted by molar-refractivity contribution is 0.0950. The number of carbonyl (C=O) groups excluding carboxylic acids is 1. The summed E-state index contributed by atoms with van der Waals surface area (Å²) < 4.78 is 0. The Hall–Kier alpha value is -1.74. The van der Waals surface area contributed by atoms with Crippen molar-refractivity contribution in [3.8, 4) is 0 Å². The summed E-state index contributed by atoms with van der Waals surface area (Å²) in [5, 5.41) is 0. The number of benzene rings is 1. The number of halogens is 1. The van der Waals surface area contributed by atoms with Crippen LogP contribution in [-0.4, -0.2) is 28.8 Å². The molecule has 0 spiro atoms. The van der Waals surface area contributed by atoms with Crippen molar-refractivity contribution in [2.75, 3.05) is 13.2 Å². The average Bonchev–Trinajstić information content (AvgIpc) is 2.78. The SMILES string of the molecule is C=CN1C=CN(CC(=O)c2ccccc2)C1.Cl.